The molecule has 3 rings (SSSR count). The summed E-state index contributed by atoms with van der Waals surface area (Å²) in [4.78, 5) is 13.9. The van der Waals surface area contributed by atoms with Crippen LogP contribution in [0.4, 0.5) is 5.69 Å². The molecule has 1 fully saturated rings. The lowest BCUT2D eigenvalue weighted by molar-refractivity contribution is 0.0556. The molecule has 0 aliphatic carbocycles. The van der Waals surface area contributed by atoms with Gasteiger partial charge in [0.2, 0.25) is 0 Å². The monoisotopic (exact) mass is 260 g/mol. The molecule has 5 nitrogen and oxygen atoms in total. The highest BCUT2D eigenvalue weighted by atomic mass is 16.3. The Bertz CT molecular complexity index is 645. The van der Waals surface area contributed by atoms with E-state index in [0.29, 0.717) is 36.5 Å². The van der Waals surface area contributed by atoms with Crippen molar-refractivity contribution in [3.05, 3.63) is 30.0 Å². The van der Waals surface area contributed by atoms with E-state index in [1.54, 1.807) is 36.1 Å². The normalized spacial score (nSPS) is 23.2. The molecule has 2 heterocycles. The molecule has 0 bridgehead atoms. The van der Waals surface area contributed by atoms with Crippen LogP contribution in [0, 0.1) is 0 Å². The molecule has 3 N–H and O–H groups in total. The number of fused-ring (bicyclic) bond motifs is 1. The summed E-state index contributed by atoms with van der Waals surface area (Å²) < 4.78 is 5.54. The van der Waals surface area contributed by atoms with Crippen molar-refractivity contribution in [2.24, 2.45) is 0 Å². The number of β-amino-alcohol motifs (C(OH)–C–C–N with tert-alkyl or cyclic N) is 1. The van der Waals surface area contributed by atoms with Gasteiger partial charge in [0.25, 0.3) is 5.91 Å². The Balaban J connectivity index is 1.90. The molecule has 1 saturated heterocycles. The molecule has 19 heavy (non-hydrogen) atoms. The average molecular weight is 260 g/mol. The molecule has 1 aromatic carbocycles. The van der Waals surface area contributed by atoms with Crippen LogP contribution in [-0.2, 0) is 0 Å². The number of hydrogen-bond acceptors (Lipinski definition) is 4. The van der Waals surface area contributed by atoms with Crippen molar-refractivity contribution in [3.8, 4) is 0 Å². The van der Waals surface area contributed by atoms with Gasteiger partial charge in [0, 0.05) is 24.2 Å². The highest BCUT2D eigenvalue weighted by Crippen LogP contribution is 2.26. The SMILES string of the molecule is CC1(O)CCN(C(=O)c2cc3cc(N)ccc3o2)C1. The van der Waals surface area contributed by atoms with Crippen molar-refractivity contribution >= 4 is 22.6 Å². The summed E-state index contributed by atoms with van der Waals surface area (Å²) in [6.45, 7) is 2.62. The number of rotatable bonds is 1. The van der Waals surface area contributed by atoms with Gasteiger partial charge >= 0.3 is 0 Å². The van der Waals surface area contributed by atoms with Gasteiger partial charge in [0.1, 0.15) is 5.58 Å². The maximum Gasteiger partial charge on any atom is 0.289 e. The molecule has 1 atom stereocenters. The maximum absolute atomic E-state index is 12.3. The Hall–Kier alpha value is -2.01. The number of amides is 1. The highest BCUT2D eigenvalue weighted by Gasteiger charge is 2.35. The van der Waals surface area contributed by atoms with Crippen molar-refractivity contribution in [1.82, 2.24) is 4.90 Å². The Morgan fingerprint density at radius 3 is 2.95 bits per heavy atom. The van der Waals surface area contributed by atoms with Gasteiger partial charge in [-0.15, -0.1) is 0 Å². The van der Waals surface area contributed by atoms with Gasteiger partial charge in [-0.3, -0.25) is 4.79 Å². The fraction of sp³-hybridized carbons (Fsp3) is 0.357. The summed E-state index contributed by atoms with van der Waals surface area (Å²) >= 11 is 0. The number of likely N-dealkylation sites (tertiary alicyclic amines) is 1. The smallest absolute Gasteiger partial charge is 0.289 e. The second-order valence-corrected chi connectivity index (χ2v) is 5.38. The van der Waals surface area contributed by atoms with Gasteiger partial charge in [-0.25, -0.2) is 0 Å². The van der Waals surface area contributed by atoms with Gasteiger partial charge in [0.05, 0.1) is 5.60 Å². The predicted molar refractivity (Wildman–Crippen MR) is 71.8 cm³/mol. The van der Waals surface area contributed by atoms with E-state index < -0.39 is 5.60 Å². The summed E-state index contributed by atoms with van der Waals surface area (Å²) in [6, 6.07) is 6.96. The molecule has 1 aliphatic rings. The zero-order valence-corrected chi connectivity index (χ0v) is 10.7. The number of carbonyl (C=O) groups excluding carboxylic acids is 1. The second kappa shape index (κ2) is 3.99. The molecule has 0 spiro atoms. The van der Waals surface area contributed by atoms with Gasteiger partial charge in [0.15, 0.2) is 5.76 Å². The molecule has 0 saturated carbocycles. The summed E-state index contributed by atoms with van der Waals surface area (Å²) in [7, 11) is 0. The van der Waals surface area contributed by atoms with Gasteiger partial charge in [-0.2, -0.15) is 0 Å². The van der Waals surface area contributed by atoms with Crippen LogP contribution in [0.1, 0.15) is 23.9 Å². The zero-order valence-electron chi connectivity index (χ0n) is 10.7. The van der Waals surface area contributed by atoms with E-state index >= 15 is 0 Å². The van der Waals surface area contributed by atoms with Crippen LogP contribution in [0.3, 0.4) is 0 Å². The third kappa shape index (κ3) is 2.17. The third-order valence-electron chi connectivity index (χ3n) is 3.49. The maximum atomic E-state index is 12.3. The molecular weight excluding hydrogens is 244 g/mol. The van der Waals surface area contributed by atoms with Crippen molar-refractivity contribution in [3.63, 3.8) is 0 Å². The summed E-state index contributed by atoms with van der Waals surface area (Å²) in [5, 5.41) is 10.7. The number of anilines is 1. The summed E-state index contributed by atoms with van der Waals surface area (Å²) in [5.74, 6) is 0.103. The molecule has 1 aromatic heterocycles. The van der Waals surface area contributed by atoms with Crippen molar-refractivity contribution in [2.45, 2.75) is 18.9 Å². The van der Waals surface area contributed by atoms with E-state index in [1.807, 2.05) is 0 Å². The van der Waals surface area contributed by atoms with E-state index in [2.05, 4.69) is 0 Å². The fourth-order valence-corrected chi connectivity index (χ4v) is 2.44. The van der Waals surface area contributed by atoms with Gasteiger partial charge < -0.3 is 20.2 Å². The Morgan fingerprint density at radius 1 is 1.47 bits per heavy atom. The van der Waals surface area contributed by atoms with Crippen LogP contribution in [0.15, 0.2) is 28.7 Å². The molecule has 5 heteroatoms. The Morgan fingerprint density at radius 2 is 2.26 bits per heavy atom. The number of furan rings is 1. The lowest BCUT2D eigenvalue weighted by atomic mass is 10.1. The number of aliphatic hydroxyl groups is 1. The minimum absolute atomic E-state index is 0.187. The zero-order chi connectivity index (χ0) is 13.6. The van der Waals surface area contributed by atoms with Crippen LogP contribution < -0.4 is 5.73 Å². The van der Waals surface area contributed by atoms with E-state index in [1.165, 1.54) is 0 Å². The first-order chi connectivity index (χ1) is 8.94. The second-order valence-electron chi connectivity index (χ2n) is 5.38. The standard InChI is InChI=1S/C14H16N2O3/c1-14(18)4-5-16(8-14)13(17)12-7-9-6-10(15)2-3-11(9)19-12/h2-3,6-7,18H,4-5,8,15H2,1H3. The van der Waals surface area contributed by atoms with Crippen LogP contribution >= 0.6 is 0 Å². The molecule has 2 aromatic rings. The number of nitrogens with two attached hydrogens (primary N) is 1. The van der Waals surface area contributed by atoms with E-state index in [0.717, 1.165) is 5.39 Å². The van der Waals surface area contributed by atoms with Crippen molar-refractivity contribution < 1.29 is 14.3 Å². The molecule has 1 unspecified atom stereocenters. The largest absolute Gasteiger partial charge is 0.451 e. The quantitative estimate of drug-likeness (QED) is 0.763. The van der Waals surface area contributed by atoms with Crippen LogP contribution in [0.2, 0.25) is 0 Å². The lowest BCUT2D eigenvalue weighted by Gasteiger charge is -2.17. The number of hydrogen-bond donors (Lipinski definition) is 2. The van der Waals surface area contributed by atoms with E-state index in [4.69, 9.17) is 10.2 Å². The first-order valence-electron chi connectivity index (χ1n) is 6.25. The predicted octanol–water partition coefficient (Wildman–Crippen LogP) is 1.61. The van der Waals surface area contributed by atoms with E-state index in [9.17, 15) is 9.90 Å². The molecule has 1 aliphatic heterocycles. The van der Waals surface area contributed by atoms with E-state index in [-0.39, 0.29) is 5.91 Å². The minimum atomic E-state index is -0.800. The first-order valence-corrected chi connectivity index (χ1v) is 6.25. The van der Waals surface area contributed by atoms with Crippen molar-refractivity contribution in [2.75, 3.05) is 18.8 Å². The highest BCUT2D eigenvalue weighted by molar-refractivity contribution is 5.96. The van der Waals surface area contributed by atoms with Crippen LogP contribution in [-0.4, -0.2) is 34.6 Å². The summed E-state index contributed by atoms with van der Waals surface area (Å²) in [5.41, 5.74) is 6.18. The van der Waals surface area contributed by atoms with Gasteiger partial charge in [-0.05, 0) is 37.6 Å². The molecule has 0 radical (unpaired) electrons. The molecule has 1 amide bonds. The van der Waals surface area contributed by atoms with Crippen LogP contribution in [0.5, 0.6) is 0 Å². The Labute approximate surface area is 110 Å². The fourth-order valence-electron chi connectivity index (χ4n) is 2.44. The topological polar surface area (TPSA) is 79.7 Å². The third-order valence-corrected chi connectivity index (χ3v) is 3.49. The minimum Gasteiger partial charge on any atom is -0.451 e. The number of nitrogens with zero attached hydrogens (tertiary/aromatic N) is 1. The van der Waals surface area contributed by atoms with Crippen molar-refractivity contribution in [1.29, 1.82) is 0 Å². The first kappa shape index (κ1) is 12.0. The van der Waals surface area contributed by atoms with Gasteiger partial charge in [-0.1, -0.05) is 0 Å². The summed E-state index contributed by atoms with van der Waals surface area (Å²) in [6.07, 6.45) is 0.589. The number of carbonyl (C=O) groups is 1. The number of benzene rings is 1. The Kier molecular flexibility index (Phi) is 2.53. The molecular formula is C14H16N2O3. The molecule has 100 valence electrons. The average Bonchev–Trinajstić information content (AvgIpc) is 2.90. The lowest BCUT2D eigenvalue weighted by Crippen LogP contribution is -2.33. The number of nitrogen functional groups attached to an aromatic ring is 1. The van der Waals surface area contributed by atoms with Crippen LogP contribution in [0.25, 0.3) is 11.0 Å².